The van der Waals surface area contributed by atoms with Crippen molar-refractivity contribution in [1.29, 1.82) is 0 Å². The molecule has 0 saturated heterocycles. The Bertz CT molecular complexity index is 786. The number of aromatic amines is 1. The van der Waals surface area contributed by atoms with Gasteiger partial charge in [0.15, 0.2) is 0 Å². The summed E-state index contributed by atoms with van der Waals surface area (Å²) in [5, 5.41) is 1.98. The van der Waals surface area contributed by atoms with Crippen LogP contribution in [0.4, 0.5) is 23.2 Å². The van der Waals surface area contributed by atoms with Crippen LogP contribution in [0.5, 0.6) is 0 Å². The average Bonchev–Trinajstić information content (AvgIpc) is 2.41. The average molecular weight is 335 g/mol. The highest BCUT2D eigenvalue weighted by Gasteiger charge is 2.32. The number of carbonyl (C=O) groups excluding carboxylic acids is 1. The van der Waals surface area contributed by atoms with Gasteiger partial charge >= 0.3 is 6.18 Å². The van der Waals surface area contributed by atoms with Gasteiger partial charge in [0.1, 0.15) is 17.1 Å². The maximum atomic E-state index is 13.0. The lowest BCUT2D eigenvalue weighted by Gasteiger charge is -2.08. The molecule has 4 nitrogen and oxygen atoms in total. The van der Waals surface area contributed by atoms with E-state index in [4.69, 9.17) is 11.6 Å². The molecule has 0 spiro atoms. The van der Waals surface area contributed by atoms with Crippen LogP contribution in [-0.4, -0.2) is 10.9 Å². The van der Waals surface area contributed by atoms with Gasteiger partial charge in [0, 0.05) is 5.69 Å². The number of carbonyl (C=O) groups is 1. The Morgan fingerprint density at radius 1 is 1.18 bits per heavy atom. The molecule has 0 atom stereocenters. The smallest absolute Gasteiger partial charge is 0.322 e. The van der Waals surface area contributed by atoms with Crippen LogP contribution in [0.15, 0.2) is 35.1 Å². The second-order valence-electron chi connectivity index (χ2n) is 4.20. The Hall–Kier alpha value is -2.35. The second kappa shape index (κ2) is 5.80. The molecular formula is C13H7ClF4N2O2. The van der Waals surface area contributed by atoms with Crippen molar-refractivity contribution in [2.75, 3.05) is 5.32 Å². The number of H-pyrrole nitrogens is 1. The van der Waals surface area contributed by atoms with Crippen molar-refractivity contribution in [1.82, 2.24) is 4.98 Å². The van der Waals surface area contributed by atoms with E-state index < -0.39 is 34.7 Å². The molecule has 0 aliphatic rings. The molecule has 2 rings (SSSR count). The zero-order valence-corrected chi connectivity index (χ0v) is 11.3. The number of rotatable bonds is 2. The molecule has 0 fully saturated rings. The van der Waals surface area contributed by atoms with Crippen molar-refractivity contribution in [3.63, 3.8) is 0 Å². The molecule has 0 aliphatic carbocycles. The van der Waals surface area contributed by atoms with E-state index >= 15 is 0 Å². The maximum Gasteiger partial charge on any atom is 0.431 e. The minimum atomic E-state index is -4.72. The van der Waals surface area contributed by atoms with E-state index in [1.807, 2.05) is 0 Å². The largest absolute Gasteiger partial charge is 0.431 e. The molecule has 0 bridgehead atoms. The van der Waals surface area contributed by atoms with Crippen molar-refractivity contribution in [3.8, 4) is 0 Å². The fraction of sp³-hybridized carbons (Fsp3) is 0.0769. The standard InChI is InChI=1S/C13H7ClF4N2O2/c14-8-5-6(1-3-9(8)15)19-11(21)7-2-4-10(13(16,17)18)20-12(7)22/h1-5H,(H,19,21)(H,20,22). The molecule has 0 unspecified atom stereocenters. The molecule has 0 saturated carbocycles. The summed E-state index contributed by atoms with van der Waals surface area (Å²) in [6, 6.07) is 4.62. The third-order valence-electron chi connectivity index (χ3n) is 2.64. The number of pyridine rings is 1. The van der Waals surface area contributed by atoms with Gasteiger partial charge in [0.2, 0.25) is 0 Å². The molecule has 0 radical (unpaired) electrons. The summed E-state index contributed by atoms with van der Waals surface area (Å²) in [6.07, 6.45) is -4.72. The van der Waals surface area contributed by atoms with E-state index in [9.17, 15) is 27.2 Å². The predicted octanol–water partition coefficient (Wildman–Crippen LogP) is 3.44. The number of benzene rings is 1. The van der Waals surface area contributed by atoms with Crippen LogP contribution in [0, 0.1) is 5.82 Å². The predicted molar refractivity (Wildman–Crippen MR) is 71.4 cm³/mol. The molecule has 1 heterocycles. The highest BCUT2D eigenvalue weighted by atomic mass is 35.5. The van der Waals surface area contributed by atoms with Crippen LogP contribution < -0.4 is 10.9 Å². The highest BCUT2D eigenvalue weighted by molar-refractivity contribution is 6.31. The van der Waals surface area contributed by atoms with Gasteiger partial charge in [-0.05, 0) is 30.3 Å². The quantitative estimate of drug-likeness (QED) is 0.826. The van der Waals surface area contributed by atoms with Gasteiger partial charge in [-0.25, -0.2) is 4.39 Å². The fourth-order valence-electron chi connectivity index (χ4n) is 1.59. The number of aromatic nitrogens is 1. The first-order valence-electron chi connectivity index (χ1n) is 5.75. The Morgan fingerprint density at radius 3 is 2.41 bits per heavy atom. The topological polar surface area (TPSA) is 62.0 Å². The van der Waals surface area contributed by atoms with E-state index in [0.717, 1.165) is 18.2 Å². The highest BCUT2D eigenvalue weighted by Crippen LogP contribution is 2.26. The molecular weight excluding hydrogens is 328 g/mol. The Morgan fingerprint density at radius 2 is 1.86 bits per heavy atom. The number of alkyl halides is 3. The van der Waals surface area contributed by atoms with Gasteiger partial charge in [-0.15, -0.1) is 0 Å². The third kappa shape index (κ3) is 3.45. The summed E-state index contributed by atoms with van der Waals surface area (Å²) in [5.41, 5.74) is -2.89. The van der Waals surface area contributed by atoms with Gasteiger partial charge in [-0.1, -0.05) is 11.6 Å². The first-order chi connectivity index (χ1) is 10.2. The van der Waals surface area contributed by atoms with E-state index in [1.54, 1.807) is 4.98 Å². The normalized spacial score (nSPS) is 11.3. The SMILES string of the molecule is O=C(Nc1ccc(F)c(Cl)c1)c1ccc(C(F)(F)F)[nH]c1=O. The molecule has 1 amide bonds. The maximum absolute atomic E-state index is 13.0. The van der Waals surface area contributed by atoms with Crippen LogP contribution in [0.3, 0.4) is 0 Å². The minimum absolute atomic E-state index is 0.0932. The molecule has 1 aromatic carbocycles. The molecule has 22 heavy (non-hydrogen) atoms. The molecule has 9 heteroatoms. The van der Waals surface area contributed by atoms with Crippen molar-refractivity contribution >= 4 is 23.2 Å². The molecule has 116 valence electrons. The fourth-order valence-corrected chi connectivity index (χ4v) is 1.77. The van der Waals surface area contributed by atoms with Crippen molar-refractivity contribution in [3.05, 3.63) is 62.8 Å². The number of halogens is 5. The molecule has 1 aromatic heterocycles. The van der Waals surface area contributed by atoms with Crippen molar-refractivity contribution in [2.24, 2.45) is 0 Å². The number of hydrogen-bond donors (Lipinski definition) is 2. The monoisotopic (exact) mass is 334 g/mol. The van der Waals surface area contributed by atoms with E-state index in [1.165, 1.54) is 6.07 Å². The number of anilines is 1. The van der Waals surface area contributed by atoms with Crippen LogP contribution in [0.2, 0.25) is 5.02 Å². The van der Waals surface area contributed by atoms with E-state index in [-0.39, 0.29) is 10.7 Å². The van der Waals surface area contributed by atoms with Gasteiger partial charge in [0.25, 0.3) is 11.5 Å². The summed E-state index contributed by atoms with van der Waals surface area (Å²) in [5.74, 6) is -1.65. The zero-order valence-electron chi connectivity index (χ0n) is 10.6. The summed E-state index contributed by atoms with van der Waals surface area (Å²) >= 11 is 5.53. The van der Waals surface area contributed by atoms with Gasteiger partial charge in [0.05, 0.1) is 5.02 Å². The lowest BCUT2D eigenvalue weighted by molar-refractivity contribution is -0.141. The first kappa shape index (κ1) is 16.0. The van der Waals surface area contributed by atoms with Crippen LogP contribution >= 0.6 is 11.6 Å². The number of nitrogens with one attached hydrogen (secondary N) is 2. The van der Waals surface area contributed by atoms with Crippen LogP contribution in [0.25, 0.3) is 0 Å². The van der Waals surface area contributed by atoms with Crippen LogP contribution in [-0.2, 0) is 6.18 Å². The number of hydrogen-bond acceptors (Lipinski definition) is 2. The van der Waals surface area contributed by atoms with Crippen LogP contribution in [0.1, 0.15) is 16.1 Å². The van der Waals surface area contributed by atoms with Gasteiger partial charge < -0.3 is 10.3 Å². The Kier molecular flexibility index (Phi) is 4.23. The summed E-state index contributed by atoms with van der Waals surface area (Å²) < 4.78 is 50.2. The second-order valence-corrected chi connectivity index (χ2v) is 4.60. The lowest BCUT2D eigenvalue weighted by Crippen LogP contribution is -2.25. The Labute approximate surface area is 125 Å². The van der Waals surface area contributed by atoms with Crippen molar-refractivity contribution < 1.29 is 22.4 Å². The first-order valence-corrected chi connectivity index (χ1v) is 6.13. The third-order valence-corrected chi connectivity index (χ3v) is 2.93. The van der Waals surface area contributed by atoms with E-state index in [0.29, 0.717) is 6.07 Å². The van der Waals surface area contributed by atoms with Crippen molar-refractivity contribution in [2.45, 2.75) is 6.18 Å². The summed E-state index contributed by atoms with van der Waals surface area (Å²) in [4.78, 5) is 25.0. The van der Waals surface area contributed by atoms with E-state index in [2.05, 4.69) is 5.32 Å². The lowest BCUT2D eigenvalue weighted by atomic mass is 10.2. The van der Waals surface area contributed by atoms with Gasteiger partial charge in [-0.3, -0.25) is 9.59 Å². The zero-order chi connectivity index (χ0) is 16.5. The summed E-state index contributed by atoms with van der Waals surface area (Å²) in [6.45, 7) is 0. The van der Waals surface area contributed by atoms with Gasteiger partial charge in [-0.2, -0.15) is 13.2 Å². The molecule has 0 aliphatic heterocycles. The molecule has 2 aromatic rings. The number of amides is 1. The summed E-state index contributed by atoms with van der Waals surface area (Å²) in [7, 11) is 0. The Balaban J connectivity index is 2.26. The minimum Gasteiger partial charge on any atom is -0.322 e. The molecule has 2 N–H and O–H groups in total.